The fourth-order valence-corrected chi connectivity index (χ4v) is 9.93. The molecule has 0 aliphatic carbocycles. The molecule has 242 valence electrons. The second-order valence-electron chi connectivity index (χ2n) is 12.9. The maximum atomic E-state index is 5.86. The van der Waals surface area contributed by atoms with Crippen molar-refractivity contribution < 1.29 is 0 Å². The Morgan fingerprint density at radius 3 is 2.29 bits per heavy atom. The highest BCUT2D eigenvalue weighted by molar-refractivity contribution is 8.14. The van der Waals surface area contributed by atoms with E-state index in [1.807, 2.05) is 35.7 Å². The van der Waals surface area contributed by atoms with Crippen LogP contribution in [0.4, 0.5) is 0 Å². The predicted molar refractivity (Wildman–Crippen MR) is 212 cm³/mol. The van der Waals surface area contributed by atoms with Crippen molar-refractivity contribution >= 4 is 58.0 Å². The summed E-state index contributed by atoms with van der Waals surface area (Å²) in [5.74, 6) is 2.78. The summed E-state index contributed by atoms with van der Waals surface area (Å²) in [4.78, 5) is 7.28. The lowest BCUT2D eigenvalue weighted by atomic mass is 9.92. The van der Waals surface area contributed by atoms with E-state index in [0.29, 0.717) is 11.8 Å². The summed E-state index contributed by atoms with van der Waals surface area (Å²) in [6, 6.07) is 15.8. The van der Waals surface area contributed by atoms with Gasteiger partial charge < -0.3 is 5.73 Å². The fourth-order valence-electron chi connectivity index (χ4n) is 5.64. The van der Waals surface area contributed by atoms with Crippen LogP contribution in [0.15, 0.2) is 110 Å². The van der Waals surface area contributed by atoms with Gasteiger partial charge in [0, 0.05) is 40.2 Å². The van der Waals surface area contributed by atoms with E-state index >= 15 is 0 Å². The third-order valence-corrected chi connectivity index (χ3v) is 12.4. The van der Waals surface area contributed by atoms with E-state index in [2.05, 4.69) is 122 Å². The lowest BCUT2D eigenvalue weighted by Crippen LogP contribution is -2.01. The summed E-state index contributed by atoms with van der Waals surface area (Å²) >= 11 is 7.22. The van der Waals surface area contributed by atoms with Crippen LogP contribution in [0.1, 0.15) is 96.8 Å². The highest BCUT2D eigenvalue weighted by Gasteiger charge is 2.23. The SMILES string of the molecule is C=CC1=C(C(C)SC(/C=C\N)=C/CCC(C)CC(C)C)Sc2ccc(/C=C\Sc3ccc(C(C)CC(C)C)cc3)cc2C(=C)S1. The molecule has 1 heterocycles. The molecule has 0 amide bonds. The molecule has 1 aliphatic heterocycles. The maximum absolute atomic E-state index is 5.86. The van der Waals surface area contributed by atoms with Gasteiger partial charge in [0.25, 0.3) is 0 Å². The molecule has 1 aliphatic rings. The second kappa shape index (κ2) is 19.0. The minimum absolute atomic E-state index is 0.250. The number of allylic oxidation sites excluding steroid dienone is 3. The Hall–Kier alpha value is -1.92. The van der Waals surface area contributed by atoms with Crippen molar-refractivity contribution in [2.45, 2.75) is 95.1 Å². The molecule has 2 N–H and O–H groups in total. The molecule has 3 atom stereocenters. The molecule has 3 unspecified atom stereocenters. The quantitative estimate of drug-likeness (QED) is 0.141. The molecule has 0 bridgehead atoms. The van der Waals surface area contributed by atoms with Crippen molar-refractivity contribution in [3.63, 3.8) is 0 Å². The standard InChI is InChI=1S/C40H53NS4/c1-10-38-40(32(9)43-36(20-22-41)13-11-12-29(6)24-27(2)3)45-39-19-14-33(26-37(39)31(8)44-38)21-23-42-35-17-15-34(16-18-35)30(7)25-28(4)5/h10,13-23,26-30,32H,1,8,11-12,24-25,41H2,2-7,9H3/b22-20-,23-21-,36-13+. The van der Waals surface area contributed by atoms with Crippen molar-refractivity contribution in [3.8, 4) is 0 Å². The van der Waals surface area contributed by atoms with Crippen LogP contribution in [0.3, 0.4) is 0 Å². The Morgan fingerprint density at radius 1 is 0.933 bits per heavy atom. The minimum Gasteiger partial charge on any atom is -0.405 e. The molecule has 5 heteroatoms. The molecular formula is C40H53NS4. The van der Waals surface area contributed by atoms with Crippen LogP contribution in [0, 0.1) is 17.8 Å². The summed E-state index contributed by atoms with van der Waals surface area (Å²) < 4.78 is 0. The molecule has 45 heavy (non-hydrogen) atoms. The third kappa shape index (κ3) is 12.3. The van der Waals surface area contributed by atoms with Gasteiger partial charge in [0.15, 0.2) is 0 Å². The minimum atomic E-state index is 0.250. The van der Waals surface area contributed by atoms with Gasteiger partial charge >= 0.3 is 0 Å². The van der Waals surface area contributed by atoms with Crippen molar-refractivity contribution in [3.05, 3.63) is 117 Å². The first kappa shape index (κ1) is 37.5. The first-order valence-electron chi connectivity index (χ1n) is 16.2. The van der Waals surface area contributed by atoms with Gasteiger partial charge in [-0.3, -0.25) is 0 Å². The number of benzene rings is 2. The van der Waals surface area contributed by atoms with Gasteiger partial charge in [-0.2, -0.15) is 0 Å². The fraction of sp³-hybridized carbons (Fsp3) is 0.400. The van der Waals surface area contributed by atoms with Crippen LogP contribution < -0.4 is 5.73 Å². The Morgan fingerprint density at radius 2 is 1.64 bits per heavy atom. The van der Waals surface area contributed by atoms with Crippen LogP contribution in [-0.4, -0.2) is 5.25 Å². The van der Waals surface area contributed by atoms with Gasteiger partial charge in [0.2, 0.25) is 0 Å². The van der Waals surface area contributed by atoms with Crippen molar-refractivity contribution in [2.75, 3.05) is 0 Å². The maximum Gasteiger partial charge on any atom is 0.0390 e. The summed E-state index contributed by atoms with van der Waals surface area (Å²) in [6.45, 7) is 24.8. The molecule has 1 nitrogen and oxygen atoms in total. The molecule has 0 spiro atoms. The van der Waals surface area contributed by atoms with E-state index in [9.17, 15) is 0 Å². The largest absolute Gasteiger partial charge is 0.405 e. The zero-order chi connectivity index (χ0) is 32.9. The highest BCUT2D eigenvalue weighted by Crippen LogP contribution is 2.50. The van der Waals surface area contributed by atoms with E-state index in [1.54, 1.807) is 29.7 Å². The Kier molecular flexibility index (Phi) is 15.9. The van der Waals surface area contributed by atoms with Gasteiger partial charge in [-0.15, -0.1) is 11.8 Å². The van der Waals surface area contributed by atoms with Gasteiger partial charge in [-0.25, -0.2) is 0 Å². The first-order chi connectivity index (χ1) is 21.5. The van der Waals surface area contributed by atoms with E-state index in [1.165, 1.54) is 60.5 Å². The lowest BCUT2D eigenvalue weighted by molar-refractivity contribution is 0.418. The number of rotatable bonds is 16. The summed E-state index contributed by atoms with van der Waals surface area (Å²) in [7, 11) is 0. The first-order valence-corrected chi connectivity index (χ1v) is 19.6. The molecule has 0 aromatic heterocycles. The van der Waals surface area contributed by atoms with Crippen LogP contribution in [0.2, 0.25) is 0 Å². The summed E-state index contributed by atoms with van der Waals surface area (Å²) in [5, 5.41) is 2.44. The van der Waals surface area contributed by atoms with Gasteiger partial charge in [0.1, 0.15) is 0 Å². The Bertz CT molecular complexity index is 1390. The smallest absolute Gasteiger partial charge is 0.0390 e. The average molecular weight is 676 g/mol. The molecule has 0 saturated heterocycles. The Balaban J connectivity index is 1.70. The van der Waals surface area contributed by atoms with Crippen LogP contribution in [-0.2, 0) is 0 Å². The van der Waals surface area contributed by atoms with E-state index in [0.717, 1.165) is 23.2 Å². The van der Waals surface area contributed by atoms with Crippen molar-refractivity contribution in [1.82, 2.24) is 0 Å². The Labute approximate surface area is 291 Å². The monoisotopic (exact) mass is 675 g/mol. The van der Waals surface area contributed by atoms with Gasteiger partial charge in [-0.1, -0.05) is 120 Å². The van der Waals surface area contributed by atoms with Crippen LogP contribution in [0.25, 0.3) is 11.0 Å². The summed E-state index contributed by atoms with van der Waals surface area (Å²) in [6.07, 6.45) is 15.0. The van der Waals surface area contributed by atoms with E-state index in [-0.39, 0.29) is 5.25 Å². The van der Waals surface area contributed by atoms with Crippen molar-refractivity contribution in [2.24, 2.45) is 23.5 Å². The number of fused-ring (bicyclic) bond motifs is 1. The molecule has 2 aromatic carbocycles. The highest BCUT2D eigenvalue weighted by atomic mass is 32.2. The van der Waals surface area contributed by atoms with Crippen LogP contribution >= 0.6 is 47.0 Å². The molecule has 0 radical (unpaired) electrons. The van der Waals surface area contributed by atoms with Crippen molar-refractivity contribution in [1.29, 1.82) is 0 Å². The topological polar surface area (TPSA) is 26.0 Å². The van der Waals surface area contributed by atoms with Gasteiger partial charge in [-0.05, 0) is 115 Å². The molecular weight excluding hydrogens is 623 g/mol. The molecule has 2 aromatic rings. The van der Waals surface area contributed by atoms with E-state index < -0.39 is 0 Å². The van der Waals surface area contributed by atoms with Gasteiger partial charge in [0.05, 0.1) is 0 Å². The zero-order valence-electron chi connectivity index (χ0n) is 28.3. The number of thioether (sulfide) groups is 4. The average Bonchev–Trinajstić information content (AvgIpc) is 3.12. The number of nitrogens with two attached hydrogens (primary N) is 1. The molecule has 0 fully saturated rings. The summed E-state index contributed by atoms with van der Waals surface area (Å²) in [5.41, 5.74) is 9.67. The number of hydrogen-bond donors (Lipinski definition) is 1. The van der Waals surface area contributed by atoms with E-state index in [4.69, 9.17) is 5.73 Å². The normalized spacial score (nSPS) is 16.5. The number of hydrogen-bond acceptors (Lipinski definition) is 5. The van der Waals surface area contributed by atoms with Crippen LogP contribution in [0.5, 0.6) is 0 Å². The third-order valence-electron chi connectivity index (χ3n) is 7.75. The molecule has 0 saturated carbocycles. The lowest BCUT2D eigenvalue weighted by Gasteiger charge is -2.18. The molecule has 3 rings (SSSR count). The predicted octanol–water partition coefficient (Wildman–Crippen LogP) is 13.7. The zero-order valence-corrected chi connectivity index (χ0v) is 31.6. The second-order valence-corrected chi connectivity index (χ2v) is 17.5.